The Hall–Kier alpha value is -2.24. The molecule has 3 rings (SSSR count). The van der Waals surface area contributed by atoms with Gasteiger partial charge < -0.3 is 4.74 Å². The third-order valence-corrected chi connectivity index (χ3v) is 4.08. The lowest BCUT2D eigenvalue weighted by atomic mass is 10.2. The van der Waals surface area contributed by atoms with Crippen molar-refractivity contribution in [1.29, 1.82) is 0 Å². The van der Waals surface area contributed by atoms with Crippen LogP contribution in [0.4, 0.5) is 4.79 Å². The van der Waals surface area contributed by atoms with E-state index in [0.29, 0.717) is 21.1 Å². The molecule has 1 heterocycles. The Kier molecular flexibility index (Phi) is 4.64. The van der Waals surface area contributed by atoms with Gasteiger partial charge in [-0.1, -0.05) is 53.5 Å². The molecular weight excluding hydrogens is 351 g/mol. The Morgan fingerprint density at radius 2 is 1.88 bits per heavy atom. The van der Waals surface area contributed by atoms with Gasteiger partial charge in [0, 0.05) is 5.02 Å². The van der Waals surface area contributed by atoms with Crippen LogP contribution in [0.15, 0.2) is 47.3 Å². The van der Waals surface area contributed by atoms with Crippen LogP contribution in [0.1, 0.15) is 12.5 Å². The normalized spacial score (nSPS) is 11.0. The van der Waals surface area contributed by atoms with E-state index in [1.165, 1.54) is 10.6 Å². The quantitative estimate of drug-likeness (QED) is 0.700. The summed E-state index contributed by atoms with van der Waals surface area (Å²) in [6, 6.07) is 12.5. The van der Waals surface area contributed by atoms with E-state index in [-0.39, 0.29) is 13.2 Å². The molecule has 5 nitrogen and oxygen atoms in total. The predicted octanol–water partition coefficient (Wildman–Crippen LogP) is 4.16. The average molecular weight is 365 g/mol. The van der Waals surface area contributed by atoms with Gasteiger partial charge in [0.2, 0.25) is 0 Å². The van der Waals surface area contributed by atoms with Crippen LogP contribution < -0.4 is 5.69 Å². The minimum absolute atomic E-state index is 0.158. The zero-order valence-electron chi connectivity index (χ0n) is 12.8. The molecule has 0 saturated heterocycles. The largest absolute Gasteiger partial charge is 0.449 e. The maximum atomic E-state index is 12.8. The van der Waals surface area contributed by atoms with Crippen molar-refractivity contribution in [2.75, 3.05) is 6.61 Å². The Bertz CT molecular complexity index is 961. The summed E-state index contributed by atoms with van der Waals surface area (Å²) in [4.78, 5) is 25.0. The number of carbonyl (C=O) groups is 1. The highest BCUT2D eigenvalue weighted by molar-refractivity contribution is 6.38. The summed E-state index contributed by atoms with van der Waals surface area (Å²) in [6.45, 7) is 2.11. The first kappa shape index (κ1) is 16.6. The van der Waals surface area contributed by atoms with Gasteiger partial charge in [-0.2, -0.15) is 4.57 Å². The van der Waals surface area contributed by atoms with Gasteiger partial charge >= 0.3 is 11.8 Å². The molecule has 1 aromatic heterocycles. The van der Waals surface area contributed by atoms with Crippen molar-refractivity contribution in [3.63, 3.8) is 0 Å². The highest BCUT2D eigenvalue weighted by Gasteiger charge is 2.22. The Balaban J connectivity index is 2.27. The summed E-state index contributed by atoms with van der Waals surface area (Å²) in [7, 11) is 0. The van der Waals surface area contributed by atoms with Crippen LogP contribution in [-0.4, -0.2) is 21.8 Å². The van der Waals surface area contributed by atoms with Gasteiger partial charge in [0.15, 0.2) is 0 Å². The molecule has 0 spiro atoms. The van der Waals surface area contributed by atoms with Gasteiger partial charge in [-0.15, -0.1) is 0 Å². The number of ether oxygens (including phenoxy) is 1. The third kappa shape index (κ3) is 2.92. The van der Waals surface area contributed by atoms with E-state index in [1.807, 2.05) is 30.3 Å². The zero-order chi connectivity index (χ0) is 17.3. The third-order valence-electron chi connectivity index (χ3n) is 3.57. The van der Waals surface area contributed by atoms with Gasteiger partial charge in [-0.25, -0.2) is 9.59 Å². The van der Waals surface area contributed by atoms with Gasteiger partial charge in [0.25, 0.3) is 0 Å². The molecule has 0 amide bonds. The Morgan fingerprint density at radius 3 is 2.54 bits per heavy atom. The Morgan fingerprint density at radius 1 is 1.17 bits per heavy atom. The number of imidazole rings is 1. The van der Waals surface area contributed by atoms with E-state index in [2.05, 4.69) is 0 Å². The van der Waals surface area contributed by atoms with E-state index in [0.717, 1.165) is 10.1 Å². The number of hydrogen-bond acceptors (Lipinski definition) is 3. The van der Waals surface area contributed by atoms with Crippen molar-refractivity contribution < 1.29 is 9.53 Å². The molecule has 0 aliphatic rings. The molecule has 2 aromatic carbocycles. The minimum Gasteiger partial charge on any atom is -0.449 e. The van der Waals surface area contributed by atoms with Crippen molar-refractivity contribution in [2.45, 2.75) is 13.5 Å². The molecule has 0 atom stereocenters. The second kappa shape index (κ2) is 6.71. The molecule has 0 aliphatic heterocycles. The van der Waals surface area contributed by atoms with E-state index in [1.54, 1.807) is 13.0 Å². The molecule has 0 fully saturated rings. The van der Waals surface area contributed by atoms with Crippen LogP contribution in [0, 0.1) is 0 Å². The monoisotopic (exact) mass is 364 g/mol. The fourth-order valence-corrected chi connectivity index (χ4v) is 3.17. The fourth-order valence-electron chi connectivity index (χ4n) is 2.59. The maximum Gasteiger partial charge on any atom is 0.422 e. The standard InChI is InChI=1S/C17H14Cl2N2O3/c1-2-24-17(23)21-14-9-12(18)8-13(19)15(14)20(16(21)22)10-11-6-4-3-5-7-11/h3-9H,2,10H2,1H3. The predicted molar refractivity (Wildman–Crippen MR) is 94.2 cm³/mol. The van der Waals surface area contributed by atoms with Crippen molar-refractivity contribution in [2.24, 2.45) is 0 Å². The highest BCUT2D eigenvalue weighted by Crippen LogP contribution is 2.28. The smallest absolute Gasteiger partial charge is 0.422 e. The first-order valence-corrected chi connectivity index (χ1v) is 8.10. The van der Waals surface area contributed by atoms with Crippen molar-refractivity contribution in [3.8, 4) is 0 Å². The molecule has 7 heteroatoms. The minimum atomic E-state index is -0.752. The van der Waals surface area contributed by atoms with Gasteiger partial charge in [-0.05, 0) is 24.6 Å². The maximum absolute atomic E-state index is 12.8. The summed E-state index contributed by atoms with van der Waals surface area (Å²) in [5, 5.41) is 0.635. The number of hydrogen-bond donors (Lipinski definition) is 0. The van der Waals surface area contributed by atoms with Crippen LogP contribution in [0.5, 0.6) is 0 Å². The molecule has 3 aromatic rings. The van der Waals surface area contributed by atoms with Crippen molar-refractivity contribution >= 4 is 40.3 Å². The topological polar surface area (TPSA) is 53.2 Å². The molecule has 0 unspecified atom stereocenters. The fraction of sp³-hybridized carbons (Fsp3) is 0.176. The average Bonchev–Trinajstić information content (AvgIpc) is 2.81. The number of nitrogens with zero attached hydrogens (tertiary/aromatic N) is 2. The number of halogens is 2. The van der Waals surface area contributed by atoms with Gasteiger partial charge in [-0.3, -0.25) is 4.57 Å². The van der Waals surface area contributed by atoms with Gasteiger partial charge in [0.05, 0.1) is 29.2 Å². The van der Waals surface area contributed by atoms with Crippen LogP contribution in [-0.2, 0) is 11.3 Å². The second-order valence-electron chi connectivity index (χ2n) is 5.14. The second-order valence-corrected chi connectivity index (χ2v) is 5.99. The summed E-state index contributed by atoms with van der Waals surface area (Å²) >= 11 is 12.3. The number of benzene rings is 2. The zero-order valence-corrected chi connectivity index (χ0v) is 14.3. The number of carbonyl (C=O) groups excluding carboxylic acids is 1. The van der Waals surface area contributed by atoms with Crippen LogP contribution >= 0.6 is 23.2 Å². The van der Waals surface area contributed by atoms with E-state index in [4.69, 9.17) is 27.9 Å². The number of rotatable bonds is 3. The van der Waals surface area contributed by atoms with E-state index in [9.17, 15) is 9.59 Å². The van der Waals surface area contributed by atoms with E-state index < -0.39 is 11.8 Å². The summed E-state index contributed by atoms with van der Waals surface area (Å²) in [5.41, 5.74) is 1.17. The molecule has 0 radical (unpaired) electrons. The lowest BCUT2D eigenvalue weighted by molar-refractivity contribution is 0.154. The van der Waals surface area contributed by atoms with Crippen molar-refractivity contribution in [1.82, 2.24) is 9.13 Å². The SMILES string of the molecule is CCOC(=O)n1c(=O)n(Cc2ccccc2)c2c(Cl)cc(Cl)cc21. The summed E-state index contributed by atoms with van der Waals surface area (Å²) in [5.74, 6) is 0. The van der Waals surface area contributed by atoms with Crippen LogP contribution in [0.2, 0.25) is 10.0 Å². The van der Waals surface area contributed by atoms with Crippen LogP contribution in [0.25, 0.3) is 11.0 Å². The first-order chi connectivity index (χ1) is 11.5. The number of fused-ring (bicyclic) bond motifs is 1. The number of aromatic nitrogens is 2. The molecule has 24 heavy (non-hydrogen) atoms. The Labute approximate surface area is 148 Å². The van der Waals surface area contributed by atoms with Crippen LogP contribution in [0.3, 0.4) is 0 Å². The molecule has 124 valence electrons. The van der Waals surface area contributed by atoms with Crippen molar-refractivity contribution in [3.05, 3.63) is 68.6 Å². The molecule has 0 N–H and O–H groups in total. The lowest BCUT2D eigenvalue weighted by Crippen LogP contribution is -2.30. The molecule has 0 saturated carbocycles. The molecule has 0 aliphatic carbocycles. The first-order valence-electron chi connectivity index (χ1n) is 7.34. The highest BCUT2D eigenvalue weighted by atomic mass is 35.5. The van der Waals surface area contributed by atoms with E-state index >= 15 is 0 Å². The lowest BCUT2D eigenvalue weighted by Gasteiger charge is -2.05. The summed E-state index contributed by atoms with van der Waals surface area (Å²) < 4.78 is 7.39. The van der Waals surface area contributed by atoms with Gasteiger partial charge in [0.1, 0.15) is 0 Å². The summed E-state index contributed by atoms with van der Waals surface area (Å²) in [6.07, 6.45) is -0.752. The molecule has 0 bridgehead atoms. The molecular formula is C17H14Cl2N2O3.